The largest absolute Gasteiger partial charge is 0.416 e. The number of alkyl halides is 3. The minimum atomic E-state index is -4.46. The van der Waals surface area contributed by atoms with Crippen LogP contribution in [-0.2, 0) is 22.2 Å². The Morgan fingerprint density at radius 3 is 2.33 bits per heavy atom. The quantitative estimate of drug-likeness (QED) is 0.476. The molecule has 0 fully saturated rings. The van der Waals surface area contributed by atoms with E-state index in [1.54, 1.807) is 19.0 Å². The lowest BCUT2D eigenvalue weighted by atomic mass is 10.00. The molecule has 0 aliphatic carbocycles. The molecule has 114 valence electrons. The van der Waals surface area contributed by atoms with Gasteiger partial charge in [-0.1, -0.05) is 18.2 Å². The number of rotatable bonds is 5. The number of Topliss-reactive ketones (excluding diaryl/α,β-unsaturated/α-hetero) is 2. The van der Waals surface area contributed by atoms with Crippen LogP contribution in [0, 0.1) is 0 Å². The Morgan fingerprint density at radius 1 is 1.24 bits per heavy atom. The van der Waals surface area contributed by atoms with Gasteiger partial charge < -0.3 is 4.90 Å². The van der Waals surface area contributed by atoms with Crippen molar-refractivity contribution in [3.63, 3.8) is 0 Å². The van der Waals surface area contributed by atoms with Gasteiger partial charge in [-0.3, -0.25) is 9.59 Å². The Balaban J connectivity index is 3.00. The summed E-state index contributed by atoms with van der Waals surface area (Å²) in [6.07, 6.45) is -3.33. The van der Waals surface area contributed by atoms with Gasteiger partial charge in [-0.15, -0.1) is 0 Å². The number of allylic oxidation sites excluding steroid dienone is 1. The number of nitrogens with zero attached hydrogens (tertiary/aromatic N) is 1. The number of ketones is 2. The molecule has 0 atom stereocenters. The smallest absolute Gasteiger partial charge is 0.383 e. The zero-order chi connectivity index (χ0) is 16.2. The molecule has 3 nitrogen and oxygen atoms in total. The van der Waals surface area contributed by atoms with Crippen LogP contribution < -0.4 is 0 Å². The topological polar surface area (TPSA) is 37.4 Å². The zero-order valence-corrected chi connectivity index (χ0v) is 12.0. The standard InChI is InChI=1S/C15H16F3NO2/c1-10(20)13(9-19(2)3)14(21)8-11-5-4-6-12(7-11)15(16,17)18/h4-7,9H,8H2,1-3H3. The number of benzene rings is 1. The van der Waals surface area contributed by atoms with Crippen LogP contribution in [0.4, 0.5) is 13.2 Å². The SMILES string of the molecule is CC(=O)C(=CN(C)C)C(=O)Cc1cccc(C(F)(F)F)c1. The molecule has 0 bridgehead atoms. The summed E-state index contributed by atoms with van der Waals surface area (Å²) in [5, 5.41) is 0. The average molecular weight is 299 g/mol. The van der Waals surface area contributed by atoms with E-state index in [1.165, 1.54) is 25.3 Å². The van der Waals surface area contributed by atoms with E-state index >= 15 is 0 Å². The molecule has 0 amide bonds. The van der Waals surface area contributed by atoms with Gasteiger partial charge in [0.05, 0.1) is 11.1 Å². The van der Waals surface area contributed by atoms with Crippen molar-refractivity contribution in [3.05, 3.63) is 47.2 Å². The van der Waals surface area contributed by atoms with E-state index in [1.807, 2.05) is 0 Å². The Bertz CT molecular complexity index is 575. The fourth-order valence-corrected chi connectivity index (χ4v) is 1.76. The van der Waals surface area contributed by atoms with Crippen LogP contribution in [-0.4, -0.2) is 30.6 Å². The van der Waals surface area contributed by atoms with Gasteiger partial charge in [-0.25, -0.2) is 0 Å². The van der Waals surface area contributed by atoms with E-state index in [0.29, 0.717) is 0 Å². The van der Waals surface area contributed by atoms with Gasteiger partial charge in [0, 0.05) is 26.7 Å². The summed E-state index contributed by atoms with van der Waals surface area (Å²) in [5.41, 5.74) is -0.619. The van der Waals surface area contributed by atoms with Crippen LogP contribution in [0.15, 0.2) is 36.0 Å². The number of carbonyl (C=O) groups is 2. The first-order valence-electron chi connectivity index (χ1n) is 6.19. The van der Waals surface area contributed by atoms with E-state index in [4.69, 9.17) is 0 Å². The fourth-order valence-electron chi connectivity index (χ4n) is 1.76. The first kappa shape index (κ1) is 16.9. The highest BCUT2D eigenvalue weighted by atomic mass is 19.4. The third-order valence-corrected chi connectivity index (χ3v) is 2.69. The second-order valence-corrected chi connectivity index (χ2v) is 4.86. The van der Waals surface area contributed by atoms with Gasteiger partial charge in [0.2, 0.25) is 0 Å². The number of halogens is 3. The van der Waals surface area contributed by atoms with Gasteiger partial charge in [-0.2, -0.15) is 13.2 Å². The normalized spacial score (nSPS) is 12.2. The lowest BCUT2D eigenvalue weighted by molar-refractivity contribution is -0.137. The summed E-state index contributed by atoms with van der Waals surface area (Å²) in [4.78, 5) is 25.0. The molecule has 1 rings (SSSR count). The van der Waals surface area contributed by atoms with E-state index in [0.717, 1.165) is 12.1 Å². The first-order chi connectivity index (χ1) is 9.61. The highest BCUT2D eigenvalue weighted by Gasteiger charge is 2.30. The van der Waals surface area contributed by atoms with Crippen LogP contribution >= 0.6 is 0 Å². The molecule has 0 unspecified atom stereocenters. The van der Waals surface area contributed by atoms with E-state index in [2.05, 4.69) is 0 Å². The lowest BCUT2D eigenvalue weighted by Crippen LogP contribution is -2.17. The number of hydrogen-bond donors (Lipinski definition) is 0. The van der Waals surface area contributed by atoms with Gasteiger partial charge in [-0.05, 0) is 18.6 Å². The van der Waals surface area contributed by atoms with Crippen molar-refractivity contribution in [2.45, 2.75) is 19.5 Å². The maximum Gasteiger partial charge on any atom is 0.416 e. The third kappa shape index (κ3) is 5.06. The molecule has 1 aromatic rings. The summed E-state index contributed by atoms with van der Waals surface area (Å²) < 4.78 is 37.8. The fraction of sp³-hybridized carbons (Fsp3) is 0.333. The first-order valence-corrected chi connectivity index (χ1v) is 6.19. The molecule has 1 aromatic carbocycles. The molecule has 21 heavy (non-hydrogen) atoms. The van der Waals surface area contributed by atoms with E-state index < -0.39 is 23.3 Å². The van der Waals surface area contributed by atoms with Crippen molar-refractivity contribution < 1.29 is 22.8 Å². The van der Waals surface area contributed by atoms with Crippen LogP contribution in [0.25, 0.3) is 0 Å². The van der Waals surface area contributed by atoms with E-state index in [-0.39, 0.29) is 17.6 Å². The van der Waals surface area contributed by atoms with Crippen LogP contribution in [0.3, 0.4) is 0 Å². The summed E-state index contributed by atoms with van der Waals surface area (Å²) in [5.74, 6) is -0.920. The molecule has 6 heteroatoms. The monoisotopic (exact) mass is 299 g/mol. The minimum Gasteiger partial charge on any atom is -0.383 e. The molecular weight excluding hydrogens is 283 g/mol. The molecule has 0 aliphatic heterocycles. The minimum absolute atomic E-state index is 0.0302. The zero-order valence-electron chi connectivity index (χ0n) is 12.0. The van der Waals surface area contributed by atoms with Crippen molar-refractivity contribution in [2.75, 3.05) is 14.1 Å². The Morgan fingerprint density at radius 2 is 1.86 bits per heavy atom. The molecule has 0 spiro atoms. The highest BCUT2D eigenvalue weighted by Crippen LogP contribution is 2.29. The predicted molar refractivity (Wildman–Crippen MR) is 72.6 cm³/mol. The third-order valence-electron chi connectivity index (χ3n) is 2.69. The van der Waals surface area contributed by atoms with Crippen LogP contribution in [0.1, 0.15) is 18.1 Å². The predicted octanol–water partition coefficient (Wildman–Crippen LogP) is 2.85. The maximum absolute atomic E-state index is 12.6. The number of carbonyl (C=O) groups excluding carboxylic acids is 2. The molecule has 0 saturated carbocycles. The summed E-state index contributed by atoms with van der Waals surface area (Å²) in [7, 11) is 3.31. The van der Waals surface area contributed by atoms with Gasteiger partial charge in [0.15, 0.2) is 11.6 Å². The van der Waals surface area contributed by atoms with Gasteiger partial charge >= 0.3 is 6.18 Å². The lowest BCUT2D eigenvalue weighted by Gasteiger charge is -2.10. The number of hydrogen-bond acceptors (Lipinski definition) is 3. The summed E-state index contributed by atoms with van der Waals surface area (Å²) in [6.45, 7) is 1.25. The van der Waals surface area contributed by atoms with Crippen LogP contribution in [0.5, 0.6) is 0 Å². The van der Waals surface area contributed by atoms with Crippen molar-refractivity contribution in [1.29, 1.82) is 0 Å². The molecular formula is C15H16F3NO2. The highest BCUT2D eigenvalue weighted by molar-refractivity contribution is 6.19. The summed E-state index contributed by atoms with van der Waals surface area (Å²) >= 11 is 0. The maximum atomic E-state index is 12.6. The van der Waals surface area contributed by atoms with Gasteiger partial charge in [0.25, 0.3) is 0 Å². The molecule has 0 aromatic heterocycles. The Labute approximate surface area is 121 Å². The Kier molecular flexibility index (Phi) is 5.29. The van der Waals surface area contributed by atoms with Crippen molar-refractivity contribution >= 4 is 11.6 Å². The van der Waals surface area contributed by atoms with Crippen molar-refractivity contribution in [1.82, 2.24) is 4.90 Å². The average Bonchev–Trinajstić information content (AvgIpc) is 2.34. The molecule has 0 aliphatic rings. The second kappa shape index (κ2) is 6.56. The second-order valence-electron chi connectivity index (χ2n) is 4.86. The molecule has 0 N–H and O–H groups in total. The van der Waals surface area contributed by atoms with Crippen molar-refractivity contribution in [2.24, 2.45) is 0 Å². The van der Waals surface area contributed by atoms with Gasteiger partial charge in [0.1, 0.15) is 0 Å². The molecule has 0 heterocycles. The Hall–Kier alpha value is -2.11. The molecule has 0 saturated heterocycles. The summed E-state index contributed by atoms with van der Waals surface area (Å²) in [6, 6.07) is 4.54. The van der Waals surface area contributed by atoms with Crippen LogP contribution in [0.2, 0.25) is 0 Å². The van der Waals surface area contributed by atoms with Crippen molar-refractivity contribution in [3.8, 4) is 0 Å². The van der Waals surface area contributed by atoms with E-state index in [9.17, 15) is 22.8 Å². The molecule has 0 radical (unpaired) electrons.